The van der Waals surface area contributed by atoms with Crippen LogP contribution in [0, 0.1) is 5.82 Å². The van der Waals surface area contributed by atoms with Crippen molar-refractivity contribution in [3.8, 4) is 0 Å². The van der Waals surface area contributed by atoms with Crippen LogP contribution in [0.25, 0.3) is 11.1 Å². The molecule has 128 valence electrons. The third-order valence-corrected chi connectivity index (χ3v) is 4.62. The minimum atomic E-state index is -0.487. The number of carbonyl (C=O) groups excluding carboxylic acids is 1. The van der Waals surface area contributed by atoms with E-state index in [4.69, 9.17) is 4.42 Å². The maximum absolute atomic E-state index is 13.5. The molecule has 3 heterocycles. The number of benzene rings is 1. The van der Waals surface area contributed by atoms with Crippen molar-refractivity contribution in [3.63, 3.8) is 0 Å². The first-order chi connectivity index (χ1) is 12.1. The summed E-state index contributed by atoms with van der Waals surface area (Å²) in [6.07, 6.45) is 4.40. The highest BCUT2D eigenvalue weighted by atomic mass is 19.1. The topological polar surface area (TPSA) is 68.3 Å². The first kappa shape index (κ1) is 15.6. The van der Waals surface area contributed by atoms with Gasteiger partial charge in [-0.15, -0.1) is 0 Å². The van der Waals surface area contributed by atoms with Gasteiger partial charge in [0.15, 0.2) is 5.58 Å². The predicted octanol–water partition coefficient (Wildman–Crippen LogP) is 2.61. The Morgan fingerprint density at radius 2 is 1.88 bits per heavy atom. The van der Waals surface area contributed by atoms with Crippen LogP contribution in [0.2, 0.25) is 0 Å². The van der Waals surface area contributed by atoms with Crippen LogP contribution in [-0.2, 0) is 0 Å². The average molecular weight is 341 g/mol. The van der Waals surface area contributed by atoms with Gasteiger partial charge in [0.2, 0.25) is 0 Å². The zero-order chi connectivity index (χ0) is 17.4. The van der Waals surface area contributed by atoms with E-state index in [1.165, 1.54) is 22.8 Å². The molecule has 6 nitrogen and oxygen atoms in total. The number of likely N-dealkylation sites (tertiary alicyclic amines) is 1. The second-order valence-electron chi connectivity index (χ2n) is 6.11. The maximum atomic E-state index is 13.5. The standard InChI is InChI=1S/C18H16FN3O3/c19-13-1-2-16-15(11-13)22(18(24)25-16)14-5-9-21(10-6-14)17(23)12-3-7-20-8-4-12/h1-4,7-8,11,14H,5-6,9-10H2. The molecule has 2 aromatic heterocycles. The first-order valence-electron chi connectivity index (χ1n) is 8.13. The van der Waals surface area contributed by atoms with Crippen molar-refractivity contribution in [1.29, 1.82) is 0 Å². The third-order valence-electron chi connectivity index (χ3n) is 4.62. The predicted molar refractivity (Wildman–Crippen MR) is 88.8 cm³/mol. The fourth-order valence-corrected chi connectivity index (χ4v) is 3.36. The number of nitrogens with zero attached hydrogens (tertiary/aromatic N) is 3. The summed E-state index contributed by atoms with van der Waals surface area (Å²) in [6.45, 7) is 1.06. The molecule has 25 heavy (non-hydrogen) atoms. The number of pyridine rings is 1. The Hall–Kier alpha value is -2.96. The van der Waals surface area contributed by atoms with Gasteiger partial charge in [-0.1, -0.05) is 0 Å². The molecule has 0 aliphatic carbocycles. The number of rotatable bonds is 2. The molecule has 0 unspecified atom stereocenters. The zero-order valence-corrected chi connectivity index (χ0v) is 13.4. The molecule has 0 radical (unpaired) electrons. The first-order valence-corrected chi connectivity index (χ1v) is 8.13. The lowest BCUT2D eigenvalue weighted by atomic mass is 10.0. The van der Waals surface area contributed by atoms with Crippen molar-refractivity contribution in [3.05, 3.63) is 64.7 Å². The van der Waals surface area contributed by atoms with Gasteiger partial charge in [0.25, 0.3) is 5.91 Å². The van der Waals surface area contributed by atoms with E-state index >= 15 is 0 Å². The molecule has 0 bridgehead atoms. The van der Waals surface area contributed by atoms with E-state index in [1.54, 1.807) is 29.4 Å². The van der Waals surface area contributed by atoms with E-state index in [0.29, 0.717) is 42.6 Å². The van der Waals surface area contributed by atoms with Gasteiger partial charge in [0.05, 0.1) is 5.52 Å². The molecule has 1 saturated heterocycles. The number of aromatic nitrogens is 2. The molecule has 1 aliphatic rings. The average Bonchev–Trinajstić information content (AvgIpc) is 2.97. The van der Waals surface area contributed by atoms with Crippen LogP contribution in [-0.4, -0.2) is 33.4 Å². The molecule has 1 fully saturated rings. The van der Waals surface area contributed by atoms with Crippen molar-refractivity contribution in [2.24, 2.45) is 0 Å². The molecular formula is C18H16FN3O3. The van der Waals surface area contributed by atoms with Crippen LogP contribution in [0.5, 0.6) is 0 Å². The van der Waals surface area contributed by atoms with E-state index < -0.39 is 11.6 Å². The van der Waals surface area contributed by atoms with E-state index in [1.807, 2.05) is 0 Å². The second kappa shape index (κ2) is 6.16. The van der Waals surface area contributed by atoms with Gasteiger partial charge in [-0.05, 0) is 37.1 Å². The number of amides is 1. The Labute approximate surface area is 142 Å². The molecule has 0 atom stereocenters. The van der Waals surface area contributed by atoms with Crippen molar-refractivity contribution >= 4 is 17.0 Å². The molecule has 3 aromatic rings. The number of hydrogen-bond donors (Lipinski definition) is 0. The Bertz CT molecular complexity index is 972. The SMILES string of the molecule is O=C(c1ccncc1)N1CCC(n2c(=O)oc3ccc(F)cc32)CC1. The molecule has 0 spiro atoms. The van der Waals surface area contributed by atoms with E-state index in [-0.39, 0.29) is 11.9 Å². The van der Waals surface area contributed by atoms with Gasteiger partial charge in [0, 0.05) is 43.2 Å². The number of fused-ring (bicyclic) bond motifs is 1. The summed E-state index contributed by atoms with van der Waals surface area (Å²) in [4.78, 5) is 30.3. The van der Waals surface area contributed by atoms with Gasteiger partial charge in [0.1, 0.15) is 5.82 Å². The highest BCUT2D eigenvalue weighted by molar-refractivity contribution is 5.94. The largest absolute Gasteiger partial charge is 0.420 e. The lowest BCUT2D eigenvalue weighted by molar-refractivity contribution is 0.0693. The van der Waals surface area contributed by atoms with Gasteiger partial charge < -0.3 is 9.32 Å². The number of halogens is 1. The highest BCUT2D eigenvalue weighted by Crippen LogP contribution is 2.26. The Balaban J connectivity index is 1.55. The molecule has 7 heteroatoms. The lowest BCUT2D eigenvalue weighted by Crippen LogP contribution is -2.40. The minimum Gasteiger partial charge on any atom is -0.408 e. The molecule has 1 amide bonds. The normalized spacial score (nSPS) is 15.6. The van der Waals surface area contributed by atoms with Crippen molar-refractivity contribution in [2.45, 2.75) is 18.9 Å². The summed E-state index contributed by atoms with van der Waals surface area (Å²) in [5, 5.41) is 0. The van der Waals surface area contributed by atoms with Crippen LogP contribution in [0.3, 0.4) is 0 Å². The highest BCUT2D eigenvalue weighted by Gasteiger charge is 2.27. The summed E-state index contributed by atoms with van der Waals surface area (Å²) in [5.74, 6) is -0.942. The molecule has 0 saturated carbocycles. The Morgan fingerprint density at radius 1 is 1.16 bits per heavy atom. The summed E-state index contributed by atoms with van der Waals surface area (Å²) >= 11 is 0. The fourth-order valence-electron chi connectivity index (χ4n) is 3.36. The van der Waals surface area contributed by atoms with Gasteiger partial charge in [-0.25, -0.2) is 9.18 Å². The second-order valence-corrected chi connectivity index (χ2v) is 6.11. The van der Waals surface area contributed by atoms with Crippen LogP contribution >= 0.6 is 0 Å². The van der Waals surface area contributed by atoms with E-state index in [9.17, 15) is 14.0 Å². The number of oxazole rings is 1. The van der Waals surface area contributed by atoms with Crippen LogP contribution in [0.1, 0.15) is 29.2 Å². The van der Waals surface area contributed by atoms with Gasteiger partial charge in [-0.2, -0.15) is 0 Å². The Morgan fingerprint density at radius 3 is 2.60 bits per heavy atom. The molecule has 4 rings (SSSR count). The van der Waals surface area contributed by atoms with Crippen LogP contribution in [0.15, 0.2) is 51.9 Å². The minimum absolute atomic E-state index is 0.0451. The lowest BCUT2D eigenvalue weighted by Gasteiger charge is -2.32. The molecule has 1 aromatic carbocycles. The summed E-state index contributed by atoms with van der Waals surface area (Å²) in [7, 11) is 0. The maximum Gasteiger partial charge on any atom is 0.420 e. The third kappa shape index (κ3) is 2.82. The summed E-state index contributed by atoms with van der Waals surface area (Å²) in [6, 6.07) is 7.30. The monoisotopic (exact) mass is 341 g/mol. The molecule has 1 aliphatic heterocycles. The zero-order valence-electron chi connectivity index (χ0n) is 13.4. The summed E-state index contributed by atoms with van der Waals surface area (Å²) < 4.78 is 20.2. The van der Waals surface area contributed by atoms with Crippen LogP contribution < -0.4 is 5.76 Å². The van der Waals surface area contributed by atoms with Crippen molar-refractivity contribution in [1.82, 2.24) is 14.5 Å². The molecular weight excluding hydrogens is 325 g/mol. The Kier molecular flexibility index (Phi) is 3.83. The molecule has 0 N–H and O–H groups in total. The number of carbonyl (C=O) groups is 1. The van der Waals surface area contributed by atoms with Gasteiger partial charge in [-0.3, -0.25) is 14.3 Å². The fraction of sp³-hybridized carbons (Fsp3) is 0.278. The van der Waals surface area contributed by atoms with Crippen molar-refractivity contribution < 1.29 is 13.6 Å². The van der Waals surface area contributed by atoms with Crippen molar-refractivity contribution in [2.75, 3.05) is 13.1 Å². The van der Waals surface area contributed by atoms with Gasteiger partial charge >= 0.3 is 5.76 Å². The van der Waals surface area contributed by atoms with E-state index in [0.717, 1.165) is 0 Å². The van der Waals surface area contributed by atoms with E-state index in [2.05, 4.69) is 4.98 Å². The smallest absolute Gasteiger partial charge is 0.408 e. The quantitative estimate of drug-likeness (QED) is 0.718. The number of hydrogen-bond acceptors (Lipinski definition) is 4. The van der Waals surface area contributed by atoms with Crippen LogP contribution in [0.4, 0.5) is 4.39 Å². The summed E-state index contributed by atoms with van der Waals surface area (Å²) in [5.41, 5.74) is 1.44. The number of piperidine rings is 1.